The number of fused-ring (bicyclic) bond motifs is 3. The zero-order valence-corrected chi connectivity index (χ0v) is 9.45. The second-order valence-corrected chi connectivity index (χ2v) is 5.05. The molecule has 2 aromatic rings. The van der Waals surface area contributed by atoms with Crippen LogP contribution in [-0.4, -0.2) is 20.8 Å². The van der Waals surface area contributed by atoms with Gasteiger partial charge in [0.15, 0.2) is 0 Å². The van der Waals surface area contributed by atoms with Gasteiger partial charge in [-0.1, -0.05) is 24.3 Å². The Morgan fingerprint density at radius 2 is 2.12 bits per heavy atom. The zero-order valence-electron chi connectivity index (χ0n) is 9.45. The summed E-state index contributed by atoms with van der Waals surface area (Å²) in [6.45, 7) is 0. The Hall–Kier alpha value is -1.61. The van der Waals surface area contributed by atoms with E-state index in [0.29, 0.717) is 5.92 Å². The number of aliphatic hydroxyl groups excluding tert-OH is 1. The first-order valence-corrected chi connectivity index (χ1v) is 6.15. The molecule has 1 aromatic carbocycles. The van der Waals surface area contributed by atoms with Crippen molar-refractivity contribution >= 4 is 0 Å². The van der Waals surface area contributed by atoms with Gasteiger partial charge in [-0.3, -0.25) is 0 Å². The van der Waals surface area contributed by atoms with E-state index in [0.717, 1.165) is 18.5 Å². The summed E-state index contributed by atoms with van der Waals surface area (Å²) in [6, 6.07) is 8.39. The lowest BCUT2D eigenvalue weighted by Crippen LogP contribution is -2.24. The quantitative estimate of drug-likeness (QED) is 0.852. The van der Waals surface area contributed by atoms with Crippen LogP contribution < -0.4 is 0 Å². The third kappa shape index (κ3) is 1.23. The smallest absolute Gasteiger partial charge is 0.0957 e. The number of hydrogen-bond donors (Lipinski definition) is 1. The zero-order chi connectivity index (χ0) is 11.4. The molecule has 86 valence electrons. The molecule has 1 N–H and O–H groups in total. The van der Waals surface area contributed by atoms with Crippen LogP contribution in [-0.2, 0) is 0 Å². The van der Waals surface area contributed by atoms with E-state index in [9.17, 15) is 5.11 Å². The molecule has 1 unspecified atom stereocenters. The van der Waals surface area contributed by atoms with Crippen molar-refractivity contribution in [2.45, 2.75) is 25.0 Å². The fourth-order valence-corrected chi connectivity index (χ4v) is 2.92. The molecule has 1 fully saturated rings. The average Bonchev–Trinajstić information content (AvgIpc) is 3.01. The van der Waals surface area contributed by atoms with E-state index in [1.165, 1.54) is 11.1 Å². The van der Waals surface area contributed by atoms with E-state index in [1.807, 2.05) is 24.7 Å². The molecule has 0 radical (unpaired) electrons. The van der Waals surface area contributed by atoms with Crippen molar-refractivity contribution in [3.05, 3.63) is 42.4 Å². The summed E-state index contributed by atoms with van der Waals surface area (Å²) in [4.78, 5) is 4.21. The molecule has 2 heterocycles. The Morgan fingerprint density at radius 1 is 1.29 bits per heavy atom. The van der Waals surface area contributed by atoms with Crippen LogP contribution in [0.3, 0.4) is 0 Å². The maximum Gasteiger partial charge on any atom is 0.0957 e. The molecule has 3 heteroatoms. The first-order valence-electron chi connectivity index (χ1n) is 6.15. The summed E-state index contributed by atoms with van der Waals surface area (Å²) in [6.07, 6.45) is 5.77. The van der Waals surface area contributed by atoms with Crippen molar-refractivity contribution in [1.29, 1.82) is 0 Å². The third-order valence-electron chi connectivity index (χ3n) is 3.95. The Bertz CT molecular complexity index is 571. The summed E-state index contributed by atoms with van der Waals surface area (Å²) in [5.74, 6) is 0.474. The van der Waals surface area contributed by atoms with Crippen LogP contribution in [0.1, 0.15) is 24.4 Å². The van der Waals surface area contributed by atoms with Crippen LogP contribution >= 0.6 is 0 Å². The van der Waals surface area contributed by atoms with Gasteiger partial charge in [-0.2, -0.15) is 0 Å². The van der Waals surface area contributed by atoms with Gasteiger partial charge in [0.1, 0.15) is 0 Å². The second-order valence-electron chi connectivity index (χ2n) is 5.05. The first-order chi connectivity index (χ1) is 8.36. The van der Waals surface area contributed by atoms with E-state index in [-0.39, 0.29) is 12.1 Å². The maximum atomic E-state index is 10.5. The fraction of sp³-hybridized carbons (Fsp3) is 0.357. The van der Waals surface area contributed by atoms with E-state index in [4.69, 9.17) is 0 Å². The highest BCUT2D eigenvalue weighted by Crippen LogP contribution is 2.46. The molecule has 0 bridgehead atoms. The lowest BCUT2D eigenvalue weighted by atomic mass is 9.97. The van der Waals surface area contributed by atoms with Crippen molar-refractivity contribution in [1.82, 2.24) is 9.55 Å². The number of aliphatic hydroxyl groups is 1. The topological polar surface area (TPSA) is 38.1 Å². The molecule has 1 aromatic heterocycles. The predicted molar refractivity (Wildman–Crippen MR) is 64.5 cm³/mol. The molecule has 2 atom stereocenters. The Morgan fingerprint density at radius 3 is 2.94 bits per heavy atom. The predicted octanol–water partition coefficient (Wildman–Crippen LogP) is 2.22. The SMILES string of the molecule is O[C@@H](C1CC1)C1c2ccccc2-c2cncn21. The van der Waals surface area contributed by atoms with Crippen LogP contribution in [0.25, 0.3) is 11.3 Å². The standard InChI is InChI=1S/C14H14N2O/c17-14(9-5-6-9)13-11-4-2-1-3-10(11)12-7-15-8-16(12)13/h1-4,7-9,13-14,17H,5-6H2/t13?,14-/m0/s1. The maximum absolute atomic E-state index is 10.5. The van der Waals surface area contributed by atoms with Gasteiger partial charge in [-0.15, -0.1) is 0 Å². The molecular formula is C14H14N2O. The second kappa shape index (κ2) is 3.20. The summed E-state index contributed by atoms with van der Waals surface area (Å²) < 4.78 is 2.12. The highest BCUT2D eigenvalue weighted by Gasteiger charge is 2.41. The van der Waals surface area contributed by atoms with Crippen molar-refractivity contribution < 1.29 is 5.11 Å². The van der Waals surface area contributed by atoms with Gasteiger partial charge in [0, 0.05) is 5.56 Å². The van der Waals surface area contributed by atoms with Gasteiger partial charge in [0.25, 0.3) is 0 Å². The summed E-state index contributed by atoms with van der Waals surface area (Å²) >= 11 is 0. The summed E-state index contributed by atoms with van der Waals surface area (Å²) in [7, 11) is 0. The van der Waals surface area contributed by atoms with E-state index < -0.39 is 0 Å². The highest BCUT2D eigenvalue weighted by atomic mass is 16.3. The Balaban J connectivity index is 1.89. The van der Waals surface area contributed by atoms with Crippen molar-refractivity contribution in [3.63, 3.8) is 0 Å². The molecular weight excluding hydrogens is 212 g/mol. The number of benzene rings is 1. The van der Waals surface area contributed by atoms with Crippen LogP contribution in [0.5, 0.6) is 0 Å². The number of aromatic nitrogens is 2. The van der Waals surface area contributed by atoms with Gasteiger partial charge < -0.3 is 9.67 Å². The van der Waals surface area contributed by atoms with E-state index in [1.54, 1.807) is 0 Å². The lowest BCUT2D eigenvalue weighted by molar-refractivity contribution is 0.111. The molecule has 2 aliphatic rings. The van der Waals surface area contributed by atoms with Crippen LogP contribution in [0.2, 0.25) is 0 Å². The van der Waals surface area contributed by atoms with Crippen LogP contribution in [0.15, 0.2) is 36.8 Å². The van der Waals surface area contributed by atoms with Gasteiger partial charge >= 0.3 is 0 Å². The summed E-state index contributed by atoms with van der Waals surface area (Å²) in [5.41, 5.74) is 3.59. The van der Waals surface area contributed by atoms with Gasteiger partial charge in [0.2, 0.25) is 0 Å². The molecule has 17 heavy (non-hydrogen) atoms. The van der Waals surface area contributed by atoms with Crippen LogP contribution in [0.4, 0.5) is 0 Å². The Kier molecular flexibility index (Phi) is 1.77. The van der Waals surface area contributed by atoms with Crippen molar-refractivity contribution in [2.75, 3.05) is 0 Å². The number of imidazole rings is 1. The minimum Gasteiger partial charge on any atom is -0.390 e. The monoisotopic (exact) mass is 226 g/mol. The molecule has 0 saturated heterocycles. The Labute approximate surface area is 99.7 Å². The molecule has 1 saturated carbocycles. The fourth-order valence-electron chi connectivity index (χ4n) is 2.92. The van der Waals surface area contributed by atoms with E-state index >= 15 is 0 Å². The normalized spacial score (nSPS) is 23.2. The summed E-state index contributed by atoms with van der Waals surface area (Å²) in [5, 5.41) is 10.5. The van der Waals surface area contributed by atoms with Gasteiger partial charge in [0.05, 0.1) is 30.4 Å². The highest BCUT2D eigenvalue weighted by molar-refractivity contribution is 5.69. The minimum atomic E-state index is -0.272. The van der Waals surface area contributed by atoms with Crippen LogP contribution in [0, 0.1) is 5.92 Å². The molecule has 0 spiro atoms. The van der Waals surface area contributed by atoms with Gasteiger partial charge in [-0.25, -0.2) is 4.98 Å². The van der Waals surface area contributed by atoms with Crippen molar-refractivity contribution in [3.8, 4) is 11.3 Å². The molecule has 1 aliphatic carbocycles. The van der Waals surface area contributed by atoms with Gasteiger partial charge in [-0.05, 0) is 24.3 Å². The first kappa shape index (κ1) is 9.42. The van der Waals surface area contributed by atoms with Crippen molar-refractivity contribution in [2.24, 2.45) is 5.92 Å². The molecule has 0 amide bonds. The minimum absolute atomic E-state index is 0.0659. The molecule has 4 rings (SSSR count). The largest absolute Gasteiger partial charge is 0.390 e. The number of nitrogens with zero attached hydrogens (tertiary/aromatic N) is 2. The third-order valence-corrected chi connectivity index (χ3v) is 3.95. The molecule has 1 aliphatic heterocycles. The number of hydrogen-bond acceptors (Lipinski definition) is 2. The lowest BCUT2D eigenvalue weighted by Gasteiger charge is -2.21. The molecule has 3 nitrogen and oxygen atoms in total. The average molecular weight is 226 g/mol. The van der Waals surface area contributed by atoms with E-state index in [2.05, 4.69) is 21.7 Å². The number of rotatable bonds is 2.